The summed E-state index contributed by atoms with van der Waals surface area (Å²) in [5.41, 5.74) is 9.94. The van der Waals surface area contributed by atoms with Crippen molar-refractivity contribution in [2.24, 2.45) is 5.73 Å². The van der Waals surface area contributed by atoms with Crippen molar-refractivity contribution in [2.45, 2.75) is 44.8 Å². The van der Waals surface area contributed by atoms with Gasteiger partial charge in [-0.05, 0) is 54.9 Å². The van der Waals surface area contributed by atoms with Gasteiger partial charge < -0.3 is 10.8 Å². The van der Waals surface area contributed by atoms with Crippen LogP contribution in [-0.2, 0) is 12.8 Å². The Morgan fingerprint density at radius 1 is 0.828 bits per heavy atom. The number of aryl methyl sites for hydroxylation is 2. The lowest BCUT2D eigenvalue weighted by atomic mass is 9.98. The van der Waals surface area contributed by atoms with E-state index in [0.717, 1.165) is 30.4 Å². The van der Waals surface area contributed by atoms with E-state index in [4.69, 9.17) is 5.73 Å². The van der Waals surface area contributed by atoms with E-state index in [0.29, 0.717) is 12.8 Å². The van der Waals surface area contributed by atoms with Gasteiger partial charge in [-0.3, -0.25) is 4.79 Å². The highest BCUT2D eigenvalue weighted by molar-refractivity contribution is 5.96. The standard InChI is InChI=1S/C26H29NO2/c1-26(27,29)19-5-6-20-11-16-24(17-12-20)25(28)18-13-21-9-14-23(15-10-21)22-7-3-2-4-8-22/h2-4,7-12,14-17,29H,5-6,13,18-19,27H2,1H3. The molecule has 0 radical (unpaired) electrons. The maximum atomic E-state index is 12.5. The number of aliphatic hydroxyl groups is 1. The molecule has 3 heteroatoms. The van der Waals surface area contributed by atoms with Crippen LogP contribution in [-0.4, -0.2) is 16.6 Å². The van der Waals surface area contributed by atoms with E-state index >= 15 is 0 Å². The van der Waals surface area contributed by atoms with Gasteiger partial charge in [0.15, 0.2) is 5.78 Å². The highest BCUT2D eigenvalue weighted by Gasteiger charge is 2.12. The number of nitrogens with two attached hydrogens (primary N) is 1. The molecule has 0 amide bonds. The molecule has 29 heavy (non-hydrogen) atoms. The number of carbonyl (C=O) groups is 1. The first-order chi connectivity index (χ1) is 13.9. The minimum Gasteiger partial charge on any atom is -0.376 e. The molecular weight excluding hydrogens is 358 g/mol. The Labute approximate surface area is 173 Å². The first-order valence-corrected chi connectivity index (χ1v) is 10.2. The number of Topliss-reactive ketones (excluding diaryl/α,β-unsaturated/α-hetero) is 1. The maximum absolute atomic E-state index is 12.5. The van der Waals surface area contributed by atoms with Crippen molar-refractivity contribution in [3.05, 3.63) is 95.6 Å². The van der Waals surface area contributed by atoms with Crippen LogP contribution < -0.4 is 5.73 Å². The third-order valence-electron chi connectivity index (χ3n) is 5.13. The lowest BCUT2D eigenvalue weighted by molar-refractivity contribution is 0.0559. The van der Waals surface area contributed by atoms with Gasteiger partial charge >= 0.3 is 0 Å². The Balaban J connectivity index is 1.50. The summed E-state index contributed by atoms with van der Waals surface area (Å²) >= 11 is 0. The molecule has 0 aromatic heterocycles. The van der Waals surface area contributed by atoms with Crippen molar-refractivity contribution in [3.8, 4) is 11.1 Å². The monoisotopic (exact) mass is 387 g/mol. The van der Waals surface area contributed by atoms with E-state index in [2.05, 4.69) is 36.4 Å². The van der Waals surface area contributed by atoms with Gasteiger partial charge in [0.05, 0.1) is 0 Å². The van der Waals surface area contributed by atoms with E-state index in [1.807, 2.05) is 42.5 Å². The van der Waals surface area contributed by atoms with Gasteiger partial charge in [-0.15, -0.1) is 0 Å². The van der Waals surface area contributed by atoms with Crippen molar-refractivity contribution in [1.29, 1.82) is 0 Å². The number of benzene rings is 3. The summed E-state index contributed by atoms with van der Waals surface area (Å²) in [6.45, 7) is 1.62. The van der Waals surface area contributed by atoms with E-state index < -0.39 is 5.72 Å². The number of hydrogen-bond donors (Lipinski definition) is 2. The Bertz CT molecular complexity index is 908. The lowest BCUT2D eigenvalue weighted by Gasteiger charge is -2.16. The molecule has 3 N–H and O–H groups in total. The predicted octanol–water partition coefficient (Wildman–Crippen LogP) is 5.16. The average Bonchev–Trinajstić information content (AvgIpc) is 2.73. The summed E-state index contributed by atoms with van der Waals surface area (Å²) in [6.07, 6.45) is 3.45. The molecule has 0 aliphatic heterocycles. The Kier molecular flexibility index (Phi) is 6.97. The first-order valence-electron chi connectivity index (χ1n) is 10.2. The predicted molar refractivity (Wildman–Crippen MR) is 119 cm³/mol. The molecule has 3 aromatic rings. The van der Waals surface area contributed by atoms with Crippen molar-refractivity contribution in [3.63, 3.8) is 0 Å². The highest BCUT2D eigenvalue weighted by atomic mass is 16.3. The minimum absolute atomic E-state index is 0.161. The van der Waals surface area contributed by atoms with Gasteiger partial charge in [-0.2, -0.15) is 0 Å². The zero-order valence-electron chi connectivity index (χ0n) is 17.0. The Morgan fingerprint density at radius 2 is 1.38 bits per heavy atom. The summed E-state index contributed by atoms with van der Waals surface area (Å²) < 4.78 is 0. The molecule has 1 atom stereocenters. The van der Waals surface area contributed by atoms with Gasteiger partial charge in [0.25, 0.3) is 0 Å². The first kappa shape index (κ1) is 21.0. The van der Waals surface area contributed by atoms with Crippen molar-refractivity contribution < 1.29 is 9.90 Å². The highest BCUT2D eigenvalue weighted by Crippen LogP contribution is 2.20. The molecule has 0 heterocycles. The van der Waals surface area contributed by atoms with Crippen LogP contribution in [0.1, 0.15) is 47.7 Å². The largest absolute Gasteiger partial charge is 0.376 e. The zero-order chi connectivity index (χ0) is 20.7. The minimum atomic E-state index is -1.12. The molecule has 3 aromatic carbocycles. The van der Waals surface area contributed by atoms with Crippen molar-refractivity contribution >= 4 is 5.78 Å². The second kappa shape index (κ2) is 9.64. The number of carbonyl (C=O) groups excluding carboxylic acids is 1. The smallest absolute Gasteiger partial charge is 0.163 e. The topological polar surface area (TPSA) is 63.3 Å². The van der Waals surface area contributed by atoms with Gasteiger partial charge in [0, 0.05) is 12.0 Å². The van der Waals surface area contributed by atoms with E-state index in [1.165, 1.54) is 16.7 Å². The Hall–Kier alpha value is -2.75. The van der Waals surface area contributed by atoms with Crippen LogP contribution in [0.5, 0.6) is 0 Å². The summed E-state index contributed by atoms with van der Waals surface area (Å²) in [5.74, 6) is 0.161. The summed E-state index contributed by atoms with van der Waals surface area (Å²) in [7, 11) is 0. The van der Waals surface area contributed by atoms with Crippen LogP contribution in [0.4, 0.5) is 0 Å². The average molecular weight is 388 g/mol. The van der Waals surface area contributed by atoms with Crippen LogP contribution in [0, 0.1) is 0 Å². The molecule has 0 bridgehead atoms. The van der Waals surface area contributed by atoms with E-state index in [9.17, 15) is 9.90 Å². The molecule has 150 valence electrons. The fraction of sp³-hybridized carbons (Fsp3) is 0.269. The second-order valence-corrected chi connectivity index (χ2v) is 7.89. The molecule has 0 aliphatic carbocycles. The second-order valence-electron chi connectivity index (χ2n) is 7.89. The van der Waals surface area contributed by atoms with Gasteiger partial charge in [0.2, 0.25) is 0 Å². The third kappa shape index (κ3) is 6.67. The van der Waals surface area contributed by atoms with Gasteiger partial charge in [-0.1, -0.05) is 78.9 Å². The molecule has 0 saturated carbocycles. The van der Waals surface area contributed by atoms with Crippen molar-refractivity contribution in [1.82, 2.24) is 0 Å². The number of hydrogen-bond acceptors (Lipinski definition) is 3. The molecule has 0 fully saturated rings. The quantitative estimate of drug-likeness (QED) is 0.394. The van der Waals surface area contributed by atoms with Gasteiger partial charge in [-0.25, -0.2) is 0 Å². The zero-order valence-corrected chi connectivity index (χ0v) is 17.0. The van der Waals surface area contributed by atoms with E-state index in [-0.39, 0.29) is 5.78 Å². The molecule has 3 nitrogen and oxygen atoms in total. The van der Waals surface area contributed by atoms with Crippen LogP contribution in [0.2, 0.25) is 0 Å². The Morgan fingerprint density at radius 3 is 2.00 bits per heavy atom. The van der Waals surface area contributed by atoms with Gasteiger partial charge in [0.1, 0.15) is 5.72 Å². The lowest BCUT2D eigenvalue weighted by Crippen LogP contribution is -2.35. The summed E-state index contributed by atoms with van der Waals surface area (Å²) in [5, 5.41) is 9.57. The fourth-order valence-corrected chi connectivity index (χ4v) is 3.40. The molecular formula is C26H29NO2. The van der Waals surface area contributed by atoms with Crippen LogP contribution >= 0.6 is 0 Å². The molecule has 3 rings (SSSR count). The molecule has 0 saturated heterocycles. The number of ketones is 1. The molecule has 1 unspecified atom stereocenters. The molecule has 0 spiro atoms. The summed E-state index contributed by atoms with van der Waals surface area (Å²) in [4.78, 5) is 12.5. The number of rotatable bonds is 9. The summed E-state index contributed by atoms with van der Waals surface area (Å²) in [6, 6.07) is 26.5. The van der Waals surface area contributed by atoms with Crippen LogP contribution in [0.15, 0.2) is 78.9 Å². The van der Waals surface area contributed by atoms with Crippen LogP contribution in [0.3, 0.4) is 0 Å². The molecule has 0 aliphatic rings. The van der Waals surface area contributed by atoms with E-state index in [1.54, 1.807) is 6.92 Å². The van der Waals surface area contributed by atoms with Crippen LogP contribution in [0.25, 0.3) is 11.1 Å². The normalized spacial score (nSPS) is 13.1. The fourth-order valence-electron chi connectivity index (χ4n) is 3.40. The third-order valence-corrected chi connectivity index (χ3v) is 5.13. The SMILES string of the molecule is CC(N)(O)CCCc1ccc(C(=O)CCc2ccc(-c3ccccc3)cc2)cc1. The van der Waals surface area contributed by atoms with Crippen molar-refractivity contribution in [2.75, 3.05) is 0 Å². The maximum Gasteiger partial charge on any atom is 0.163 e.